The molecule has 0 radical (unpaired) electrons. The summed E-state index contributed by atoms with van der Waals surface area (Å²) in [6, 6.07) is 14.7. The van der Waals surface area contributed by atoms with Crippen molar-refractivity contribution in [2.45, 2.75) is 27.2 Å². The first-order valence-electron chi connectivity index (χ1n) is 11.2. The van der Waals surface area contributed by atoms with E-state index in [1.165, 1.54) is 10.9 Å². The fourth-order valence-corrected chi connectivity index (χ4v) is 3.77. The molecule has 0 aliphatic rings. The zero-order valence-corrected chi connectivity index (χ0v) is 20.4. The molecule has 0 bridgehead atoms. The molecule has 0 saturated heterocycles. The number of nitrogens with zero attached hydrogens (tertiary/aromatic N) is 3. The van der Waals surface area contributed by atoms with Gasteiger partial charge in [-0.1, -0.05) is 29.8 Å². The molecule has 8 nitrogen and oxygen atoms in total. The Labute approximate surface area is 207 Å². The molecule has 9 heteroatoms. The van der Waals surface area contributed by atoms with Crippen LogP contribution in [0.2, 0.25) is 5.02 Å². The van der Waals surface area contributed by atoms with Crippen molar-refractivity contribution >= 4 is 40.2 Å². The van der Waals surface area contributed by atoms with Gasteiger partial charge < -0.3 is 14.8 Å². The van der Waals surface area contributed by atoms with Crippen molar-refractivity contribution in [1.82, 2.24) is 14.8 Å². The molecule has 4 rings (SSSR count). The second kappa shape index (κ2) is 10.6. The summed E-state index contributed by atoms with van der Waals surface area (Å²) in [5.74, 6) is 0.345. The first-order valence-corrected chi connectivity index (χ1v) is 11.6. The molecule has 0 unspecified atom stereocenters. The van der Waals surface area contributed by atoms with E-state index in [1.54, 1.807) is 31.2 Å². The number of hydrogen-bond acceptors (Lipinski definition) is 6. The Morgan fingerprint density at radius 2 is 1.86 bits per heavy atom. The van der Waals surface area contributed by atoms with Crippen molar-refractivity contribution < 1.29 is 19.1 Å². The molecule has 0 atom stereocenters. The number of anilines is 1. The molecule has 0 spiro atoms. The molecule has 180 valence electrons. The van der Waals surface area contributed by atoms with Gasteiger partial charge in [0.05, 0.1) is 31.3 Å². The molecule has 0 saturated carbocycles. The van der Waals surface area contributed by atoms with Crippen LogP contribution in [-0.4, -0.2) is 39.9 Å². The van der Waals surface area contributed by atoms with Crippen LogP contribution in [0.1, 0.15) is 34.8 Å². The maximum atomic E-state index is 12.8. The van der Waals surface area contributed by atoms with Crippen LogP contribution in [0.15, 0.2) is 54.7 Å². The van der Waals surface area contributed by atoms with Crippen LogP contribution >= 0.6 is 11.6 Å². The van der Waals surface area contributed by atoms with Gasteiger partial charge in [0.15, 0.2) is 11.6 Å². The highest BCUT2D eigenvalue weighted by Gasteiger charge is 2.22. The minimum Gasteiger partial charge on any atom is -0.493 e. The fourth-order valence-electron chi connectivity index (χ4n) is 3.64. The summed E-state index contributed by atoms with van der Waals surface area (Å²) < 4.78 is 12.2. The van der Waals surface area contributed by atoms with Crippen LogP contribution in [0.4, 0.5) is 5.82 Å². The van der Waals surface area contributed by atoms with Crippen molar-refractivity contribution in [3.8, 4) is 11.6 Å². The summed E-state index contributed by atoms with van der Waals surface area (Å²) in [6.07, 6.45) is 1.43. The number of para-hydroxylation sites is 1. The van der Waals surface area contributed by atoms with Crippen LogP contribution in [0.3, 0.4) is 0 Å². The largest absolute Gasteiger partial charge is 0.493 e. The van der Waals surface area contributed by atoms with Crippen LogP contribution in [-0.2, 0) is 9.53 Å². The van der Waals surface area contributed by atoms with Crippen molar-refractivity contribution in [3.05, 3.63) is 76.4 Å². The van der Waals surface area contributed by atoms with Crippen LogP contribution in [0.25, 0.3) is 16.7 Å². The molecule has 4 aromatic rings. The number of esters is 1. The van der Waals surface area contributed by atoms with Gasteiger partial charge in [0.1, 0.15) is 11.3 Å². The van der Waals surface area contributed by atoms with E-state index in [9.17, 15) is 9.59 Å². The first-order chi connectivity index (χ1) is 16.9. The van der Waals surface area contributed by atoms with E-state index >= 15 is 0 Å². The highest BCUT2D eigenvalue weighted by atomic mass is 35.5. The molecule has 2 heterocycles. The van der Waals surface area contributed by atoms with Gasteiger partial charge in [0.25, 0.3) is 0 Å². The first kappa shape index (κ1) is 24.2. The number of hydrogen-bond donors (Lipinski definition) is 1. The van der Waals surface area contributed by atoms with E-state index in [0.717, 1.165) is 22.0 Å². The molecule has 1 amide bonds. The summed E-state index contributed by atoms with van der Waals surface area (Å²) >= 11 is 5.88. The number of aryl methyl sites for hydroxylation is 2. The standard InChI is InChI=1S/C26H25ClN4O4/c1-4-34-26(33)21-15-28-31(22-14-17(3)20-7-5-6-16(2)24(20)29-22)25(21)30-23(32)12-13-35-19-10-8-18(27)9-11-19/h5-11,14-15H,4,12-13H2,1-3H3,(H,30,32). The third kappa shape index (κ3) is 5.44. The molecule has 1 N–H and O–H groups in total. The summed E-state index contributed by atoms with van der Waals surface area (Å²) in [5.41, 5.74) is 2.97. The Kier molecular flexibility index (Phi) is 7.31. The number of rotatable bonds is 8. The molecule has 2 aromatic heterocycles. The number of nitrogens with one attached hydrogen (secondary N) is 1. The topological polar surface area (TPSA) is 95.3 Å². The quantitative estimate of drug-likeness (QED) is 0.336. The van der Waals surface area contributed by atoms with Gasteiger partial charge in [0, 0.05) is 10.4 Å². The average Bonchev–Trinajstić information content (AvgIpc) is 3.24. The van der Waals surface area contributed by atoms with Gasteiger partial charge in [-0.15, -0.1) is 0 Å². The third-order valence-electron chi connectivity index (χ3n) is 5.39. The van der Waals surface area contributed by atoms with Crippen molar-refractivity contribution in [1.29, 1.82) is 0 Å². The van der Waals surface area contributed by atoms with Crippen LogP contribution in [0.5, 0.6) is 5.75 Å². The number of pyridine rings is 1. The summed E-state index contributed by atoms with van der Waals surface area (Å²) in [6.45, 7) is 6.01. The normalized spacial score (nSPS) is 10.9. The van der Waals surface area contributed by atoms with E-state index in [4.69, 9.17) is 26.1 Å². The van der Waals surface area contributed by atoms with Gasteiger partial charge in [-0.05, 0) is 62.2 Å². The SMILES string of the molecule is CCOC(=O)c1cnn(-c2cc(C)c3cccc(C)c3n2)c1NC(=O)CCOc1ccc(Cl)cc1. The molecular weight excluding hydrogens is 468 g/mol. The summed E-state index contributed by atoms with van der Waals surface area (Å²) in [5, 5.41) is 8.77. The van der Waals surface area contributed by atoms with Crippen LogP contribution < -0.4 is 10.1 Å². The average molecular weight is 493 g/mol. The summed E-state index contributed by atoms with van der Waals surface area (Å²) in [7, 11) is 0. The van der Waals surface area contributed by atoms with Gasteiger partial charge in [0.2, 0.25) is 5.91 Å². The van der Waals surface area contributed by atoms with E-state index in [-0.39, 0.29) is 36.9 Å². The maximum absolute atomic E-state index is 12.8. The Bertz CT molecular complexity index is 1380. The lowest BCUT2D eigenvalue weighted by atomic mass is 10.1. The number of carbonyl (C=O) groups is 2. The molecule has 2 aromatic carbocycles. The predicted molar refractivity (Wildman–Crippen MR) is 134 cm³/mol. The highest BCUT2D eigenvalue weighted by molar-refractivity contribution is 6.30. The van der Waals surface area contributed by atoms with Gasteiger partial charge in [-0.2, -0.15) is 9.78 Å². The second-order valence-corrected chi connectivity index (χ2v) is 8.34. The Morgan fingerprint density at radius 3 is 2.60 bits per heavy atom. The Hall–Kier alpha value is -3.91. The monoisotopic (exact) mass is 492 g/mol. The Morgan fingerprint density at radius 1 is 1.09 bits per heavy atom. The molecule has 0 aliphatic carbocycles. The van der Waals surface area contributed by atoms with Gasteiger partial charge in [-0.3, -0.25) is 4.79 Å². The number of ether oxygens (including phenoxy) is 2. The smallest absolute Gasteiger partial charge is 0.343 e. The third-order valence-corrected chi connectivity index (χ3v) is 5.64. The maximum Gasteiger partial charge on any atom is 0.343 e. The Balaban J connectivity index is 1.61. The van der Waals surface area contributed by atoms with E-state index in [2.05, 4.69) is 10.4 Å². The number of benzene rings is 2. The van der Waals surface area contributed by atoms with E-state index in [0.29, 0.717) is 16.6 Å². The number of fused-ring (bicyclic) bond motifs is 1. The number of carbonyl (C=O) groups excluding carboxylic acids is 2. The minimum absolute atomic E-state index is 0.0549. The molecule has 35 heavy (non-hydrogen) atoms. The van der Waals surface area contributed by atoms with E-state index < -0.39 is 5.97 Å². The number of halogens is 1. The van der Waals surface area contributed by atoms with E-state index in [1.807, 2.05) is 38.1 Å². The lowest BCUT2D eigenvalue weighted by molar-refractivity contribution is -0.116. The highest BCUT2D eigenvalue weighted by Crippen LogP contribution is 2.26. The van der Waals surface area contributed by atoms with Crippen LogP contribution in [0, 0.1) is 13.8 Å². The molecule has 0 aliphatic heterocycles. The number of amides is 1. The fraction of sp³-hybridized carbons (Fsp3) is 0.231. The van der Waals surface area contributed by atoms with Crippen molar-refractivity contribution in [2.24, 2.45) is 0 Å². The zero-order chi connectivity index (χ0) is 24.9. The lowest BCUT2D eigenvalue weighted by Gasteiger charge is -2.13. The zero-order valence-electron chi connectivity index (χ0n) is 19.7. The van der Waals surface area contributed by atoms with Gasteiger partial charge >= 0.3 is 5.97 Å². The van der Waals surface area contributed by atoms with Crippen molar-refractivity contribution in [2.75, 3.05) is 18.5 Å². The van der Waals surface area contributed by atoms with Crippen molar-refractivity contribution in [3.63, 3.8) is 0 Å². The minimum atomic E-state index is -0.583. The molecule has 0 fully saturated rings. The predicted octanol–water partition coefficient (Wildman–Crippen LogP) is 5.28. The number of aromatic nitrogens is 3. The van der Waals surface area contributed by atoms with Gasteiger partial charge in [-0.25, -0.2) is 9.78 Å². The molecular formula is C26H25ClN4O4. The second-order valence-electron chi connectivity index (χ2n) is 7.91. The lowest BCUT2D eigenvalue weighted by Crippen LogP contribution is -2.20. The summed E-state index contributed by atoms with van der Waals surface area (Å²) in [4.78, 5) is 30.1.